The second-order valence-corrected chi connectivity index (χ2v) is 11.0. The van der Waals surface area contributed by atoms with Crippen LogP contribution in [-0.2, 0) is 16.8 Å². The van der Waals surface area contributed by atoms with Crippen LogP contribution in [0.2, 0.25) is 0 Å². The van der Waals surface area contributed by atoms with Crippen LogP contribution < -0.4 is 16.0 Å². The highest BCUT2D eigenvalue weighted by molar-refractivity contribution is 6.08. The van der Waals surface area contributed by atoms with Gasteiger partial charge in [-0.25, -0.2) is 4.98 Å². The van der Waals surface area contributed by atoms with Crippen LogP contribution in [0, 0.1) is 0 Å². The fourth-order valence-corrected chi connectivity index (χ4v) is 4.98. The Balaban J connectivity index is 1.32. The Labute approximate surface area is 228 Å². The Morgan fingerprint density at radius 2 is 1.82 bits per heavy atom. The van der Waals surface area contributed by atoms with Gasteiger partial charge < -0.3 is 16.0 Å². The molecule has 4 aromatic rings. The Bertz CT molecular complexity index is 1480. The van der Waals surface area contributed by atoms with Crippen LogP contribution >= 0.6 is 0 Å². The number of likely N-dealkylation sites (tertiary alicyclic amines) is 1. The van der Waals surface area contributed by atoms with E-state index in [0.29, 0.717) is 30.2 Å². The Hall–Kier alpha value is -4.24. The van der Waals surface area contributed by atoms with Gasteiger partial charge in [0.15, 0.2) is 0 Å². The van der Waals surface area contributed by atoms with E-state index >= 15 is 0 Å². The normalized spacial score (nSPS) is 13.9. The molecule has 3 heterocycles. The Morgan fingerprint density at radius 1 is 1.03 bits per heavy atom. The van der Waals surface area contributed by atoms with Crippen LogP contribution in [0.5, 0.6) is 0 Å². The number of hydrogen-bond acceptors (Lipinski definition) is 6. The summed E-state index contributed by atoms with van der Waals surface area (Å²) in [7, 11) is 0. The van der Waals surface area contributed by atoms with Crippen molar-refractivity contribution in [2.24, 2.45) is 0 Å². The van der Waals surface area contributed by atoms with Gasteiger partial charge in [-0.1, -0.05) is 26.8 Å². The number of hydrogen-bond donors (Lipinski definition) is 4. The third-order valence-corrected chi connectivity index (χ3v) is 6.97. The summed E-state index contributed by atoms with van der Waals surface area (Å²) in [6.45, 7) is 9.21. The summed E-state index contributed by atoms with van der Waals surface area (Å²) >= 11 is 0. The van der Waals surface area contributed by atoms with E-state index in [1.807, 2.05) is 36.4 Å². The van der Waals surface area contributed by atoms with E-state index in [2.05, 4.69) is 56.8 Å². The SMILES string of the molecule is CC(C)(C)c1ccc(NC(=O)c2cccnc2Nc2ccc3cn[nH]c3c2)cc1CNC(=O)CN1CCCC1. The molecule has 0 saturated carbocycles. The quantitative estimate of drug-likeness (QED) is 0.258. The first kappa shape index (κ1) is 26.4. The van der Waals surface area contributed by atoms with Gasteiger partial charge in [0.1, 0.15) is 5.82 Å². The number of H-pyrrole nitrogens is 1. The van der Waals surface area contributed by atoms with Gasteiger partial charge >= 0.3 is 0 Å². The summed E-state index contributed by atoms with van der Waals surface area (Å²) in [4.78, 5) is 32.5. The molecule has 0 radical (unpaired) electrons. The molecule has 0 bridgehead atoms. The molecule has 0 spiro atoms. The van der Waals surface area contributed by atoms with E-state index < -0.39 is 0 Å². The molecule has 1 fully saturated rings. The third-order valence-electron chi connectivity index (χ3n) is 6.97. The number of nitrogens with one attached hydrogen (secondary N) is 4. The lowest BCUT2D eigenvalue weighted by atomic mass is 9.83. The minimum atomic E-state index is -0.277. The van der Waals surface area contributed by atoms with E-state index in [9.17, 15) is 9.59 Å². The lowest BCUT2D eigenvalue weighted by molar-refractivity contribution is -0.122. The van der Waals surface area contributed by atoms with Crippen molar-refractivity contribution in [3.8, 4) is 0 Å². The number of carbonyl (C=O) groups excluding carboxylic acids is 2. The molecule has 1 aliphatic rings. The first-order chi connectivity index (χ1) is 18.8. The molecular formula is C30H35N7O2. The van der Waals surface area contributed by atoms with Gasteiger partial charge in [0.25, 0.3) is 5.91 Å². The first-order valence-corrected chi connectivity index (χ1v) is 13.4. The number of pyridine rings is 1. The van der Waals surface area contributed by atoms with Gasteiger partial charge in [-0.2, -0.15) is 5.10 Å². The molecule has 9 nitrogen and oxygen atoms in total. The maximum atomic E-state index is 13.4. The minimum absolute atomic E-state index is 0.0191. The summed E-state index contributed by atoms with van der Waals surface area (Å²) in [5.74, 6) is 0.195. The molecular weight excluding hydrogens is 490 g/mol. The number of aromatic nitrogens is 3. The van der Waals surface area contributed by atoms with Gasteiger partial charge in [-0.15, -0.1) is 0 Å². The number of amides is 2. The predicted octanol–water partition coefficient (Wildman–Crippen LogP) is 4.96. The van der Waals surface area contributed by atoms with E-state index in [1.165, 1.54) is 0 Å². The summed E-state index contributed by atoms with van der Waals surface area (Å²) in [5.41, 5.74) is 4.75. The number of carbonyl (C=O) groups is 2. The predicted molar refractivity (Wildman–Crippen MR) is 154 cm³/mol. The molecule has 2 amide bonds. The second-order valence-electron chi connectivity index (χ2n) is 11.0. The van der Waals surface area contributed by atoms with E-state index in [0.717, 1.165) is 53.6 Å². The monoisotopic (exact) mass is 525 g/mol. The third kappa shape index (κ3) is 6.43. The fraction of sp³-hybridized carbons (Fsp3) is 0.333. The van der Waals surface area contributed by atoms with Crippen LogP contribution in [-0.4, -0.2) is 51.5 Å². The Morgan fingerprint density at radius 3 is 2.62 bits per heavy atom. The van der Waals surface area contributed by atoms with Crippen molar-refractivity contribution in [2.75, 3.05) is 30.3 Å². The molecule has 202 valence electrons. The molecule has 5 rings (SSSR count). The highest BCUT2D eigenvalue weighted by Crippen LogP contribution is 2.29. The number of anilines is 3. The molecule has 1 saturated heterocycles. The number of nitrogens with zero attached hydrogens (tertiary/aromatic N) is 3. The number of benzene rings is 2. The maximum Gasteiger partial charge on any atom is 0.259 e. The zero-order chi connectivity index (χ0) is 27.4. The number of aromatic amines is 1. The smallest absolute Gasteiger partial charge is 0.259 e. The summed E-state index contributed by atoms with van der Waals surface area (Å²) in [6.07, 6.45) is 5.71. The first-order valence-electron chi connectivity index (χ1n) is 13.4. The maximum absolute atomic E-state index is 13.4. The molecule has 0 aliphatic carbocycles. The minimum Gasteiger partial charge on any atom is -0.351 e. The molecule has 2 aromatic carbocycles. The molecule has 39 heavy (non-hydrogen) atoms. The molecule has 1 aliphatic heterocycles. The van der Waals surface area contributed by atoms with Crippen LogP contribution in [0.3, 0.4) is 0 Å². The van der Waals surface area contributed by atoms with Crippen molar-refractivity contribution in [1.29, 1.82) is 0 Å². The average molecular weight is 526 g/mol. The summed E-state index contributed by atoms with van der Waals surface area (Å²) in [5, 5.41) is 17.4. The van der Waals surface area contributed by atoms with Crippen LogP contribution in [0.25, 0.3) is 10.9 Å². The Kier molecular flexibility index (Phi) is 7.60. The lowest BCUT2D eigenvalue weighted by Gasteiger charge is -2.24. The molecule has 9 heteroatoms. The van der Waals surface area contributed by atoms with Crippen molar-refractivity contribution < 1.29 is 9.59 Å². The summed E-state index contributed by atoms with van der Waals surface area (Å²) in [6, 6.07) is 15.2. The van der Waals surface area contributed by atoms with Gasteiger partial charge in [0, 0.05) is 29.5 Å². The largest absolute Gasteiger partial charge is 0.351 e. The molecule has 0 atom stereocenters. The highest BCUT2D eigenvalue weighted by Gasteiger charge is 2.21. The van der Waals surface area contributed by atoms with Crippen LogP contribution in [0.1, 0.15) is 55.1 Å². The van der Waals surface area contributed by atoms with E-state index in [1.54, 1.807) is 24.5 Å². The molecule has 2 aromatic heterocycles. The number of fused-ring (bicyclic) bond motifs is 1. The van der Waals surface area contributed by atoms with Crippen LogP contribution in [0.4, 0.5) is 17.2 Å². The van der Waals surface area contributed by atoms with Crippen LogP contribution in [0.15, 0.2) is 60.9 Å². The van der Waals surface area contributed by atoms with E-state index in [-0.39, 0.29) is 17.2 Å². The average Bonchev–Trinajstić information content (AvgIpc) is 3.59. The van der Waals surface area contributed by atoms with E-state index in [4.69, 9.17) is 0 Å². The zero-order valence-corrected chi connectivity index (χ0v) is 22.7. The van der Waals surface area contributed by atoms with Crippen molar-refractivity contribution in [3.05, 3.63) is 77.6 Å². The van der Waals surface area contributed by atoms with Gasteiger partial charge in [0.05, 0.1) is 23.8 Å². The second kappa shape index (κ2) is 11.2. The zero-order valence-electron chi connectivity index (χ0n) is 22.7. The fourth-order valence-electron chi connectivity index (χ4n) is 4.98. The van der Waals surface area contributed by atoms with Crippen molar-refractivity contribution >= 4 is 39.9 Å². The highest BCUT2D eigenvalue weighted by atomic mass is 16.2. The standard InChI is InChI=1S/C30H35N7O2/c1-30(2,3)25-11-10-22(15-21(25)17-32-27(38)19-37-13-4-5-14-37)35-29(39)24-7-6-12-31-28(24)34-23-9-8-20-18-33-36-26(20)16-23/h6-12,15-16,18H,4-5,13-14,17,19H2,1-3H3,(H,31,34)(H,32,38)(H,33,36)(H,35,39). The van der Waals surface area contributed by atoms with Gasteiger partial charge in [-0.3, -0.25) is 19.6 Å². The van der Waals surface area contributed by atoms with Crippen molar-refractivity contribution in [2.45, 2.75) is 45.6 Å². The molecule has 0 unspecified atom stereocenters. The topological polar surface area (TPSA) is 115 Å². The summed E-state index contributed by atoms with van der Waals surface area (Å²) < 4.78 is 0. The van der Waals surface area contributed by atoms with Gasteiger partial charge in [0.2, 0.25) is 5.91 Å². The van der Waals surface area contributed by atoms with Crippen molar-refractivity contribution in [3.63, 3.8) is 0 Å². The molecule has 4 N–H and O–H groups in total. The van der Waals surface area contributed by atoms with Crippen molar-refractivity contribution in [1.82, 2.24) is 25.4 Å². The lowest BCUT2D eigenvalue weighted by Crippen LogP contribution is -2.35. The van der Waals surface area contributed by atoms with Gasteiger partial charge in [-0.05, 0) is 84.9 Å². The number of rotatable bonds is 8.